The van der Waals surface area contributed by atoms with Crippen LogP contribution >= 0.6 is 11.6 Å². The van der Waals surface area contributed by atoms with E-state index in [4.69, 9.17) is 21.7 Å². The van der Waals surface area contributed by atoms with Gasteiger partial charge in [-0.05, 0) is 24.7 Å². The Labute approximate surface area is 175 Å². The molecule has 1 aliphatic rings. The second kappa shape index (κ2) is 7.50. The zero-order chi connectivity index (χ0) is 19.8. The fourth-order valence-electron chi connectivity index (χ4n) is 3.80. The summed E-state index contributed by atoms with van der Waals surface area (Å²) < 4.78 is 1.97. The highest BCUT2D eigenvalue weighted by atomic mass is 35.5. The molecular weight excluding hydrogens is 382 g/mol. The van der Waals surface area contributed by atoms with Crippen molar-refractivity contribution in [1.29, 1.82) is 0 Å². The monoisotopic (exact) mass is 403 g/mol. The summed E-state index contributed by atoms with van der Waals surface area (Å²) in [4.78, 5) is 9.76. The highest BCUT2D eigenvalue weighted by Gasteiger charge is 2.21. The number of anilines is 1. The molecule has 0 bridgehead atoms. The van der Waals surface area contributed by atoms with Gasteiger partial charge in [0.05, 0.1) is 11.9 Å². The highest BCUT2D eigenvalue weighted by molar-refractivity contribution is 6.30. The molecule has 1 saturated heterocycles. The SMILES string of the molecule is CN1CCN(c2cc(-c3ccccc3)nc3c(-c4ccc(Cl)cc4)cnn23)CC1. The Morgan fingerprint density at radius 2 is 1.59 bits per heavy atom. The quantitative estimate of drug-likeness (QED) is 0.505. The van der Waals surface area contributed by atoms with Crippen LogP contribution in [0.4, 0.5) is 5.82 Å². The number of nitrogens with zero attached hydrogens (tertiary/aromatic N) is 5. The number of fused-ring (bicyclic) bond motifs is 1. The Morgan fingerprint density at radius 1 is 0.862 bits per heavy atom. The summed E-state index contributed by atoms with van der Waals surface area (Å²) in [6, 6.07) is 20.3. The zero-order valence-electron chi connectivity index (χ0n) is 16.3. The van der Waals surface area contributed by atoms with Gasteiger partial charge in [0.2, 0.25) is 0 Å². The standard InChI is InChI=1S/C23H22ClN5/c1-27-11-13-28(14-12-27)22-15-21(18-5-3-2-4-6-18)26-23-20(16-25-29(22)23)17-7-9-19(24)10-8-17/h2-10,15-16H,11-14H2,1H3. The van der Waals surface area contributed by atoms with E-state index >= 15 is 0 Å². The Hall–Kier alpha value is -2.89. The molecule has 0 spiro atoms. The molecule has 0 amide bonds. The maximum atomic E-state index is 6.09. The van der Waals surface area contributed by atoms with Gasteiger partial charge in [-0.3, -0.25) is 0 Å². The fourth-order valence-corrected chi connectivity index (χ4v) is 3.92. The Morgan fingerprint density at radius 3 is 2.31 bits per heavy atom. The summed E-state index contributed by atoms with van der Waals surface area (Å²) in [7, 11) is 2.17. The van der Waals surface area contributed by atoms with Crippen LogP contribution in [0.15, 0.2) is 66.9 Å². The molecule has 6 heteroatoms. The molecule has 1 aliphatic heterocycles. The van der Waals surface area contributed by atoms with Crippen LogP contribution in [0.25, 0.3) is 28.0 Å². The van der Waals surface area contributed by atoms with Gasteiger partial charge < -0.3 is 9.80 Å². The molecule has 0 atom stereocenters. The van der Waals surface area contributed by atoms with Crippen LogP contribution in [-0.2, 0) is 0 Å². The maximum Gasteiger partial charge on any atom is 0.165 e. The molecule has 0 radical (unpaired) electrons. The van der Waals surface area contributed by atoms with Crippen LogP contribution in [0.5, 0.6) is 0 Å². The minimum atomic E-state index is 0.723. The lowest BCUT2D eigenvalue weighted by Gasteiger charge is -2.34. The van der Waals surface area contributed by atoms with Gasteiger partial charge in [0, 0.05) is 48.4 Å². The molecule has 2 aromatic carbocycles. The second-order valence-electron chi connectivity index (χ2n) is 7.46. The Balaban J connectivity index is 1.69. The number of rotatable bonds is 3. The van der Waals surface area contributed by atoms with E-state index in [-0.39, 0.29) is 0 Å². The average molecular weight is 404 g/mol. The van der Waals surface area contributed by atoms with E-state index in [0.29, 0.717) is 0 Å². The van der Waals surface area contributed by atoms with Crippen molar-refractivity contribution in [2.75, 3.05) is 38.1 Å². The van der Waals surface area contributed by atoms with Gasteiger partial charge in [-0.25, -0.2) is 4.98 Å². The topological polar surface area (TPSA) is 36.7 Å². The Kier molecular flexibility index (Phi) is 4.70. The van der Waals surface area contributed by atoms with Gasteiger partial charge in [-0.1, -0.05) is 54.1 Å². The summed E-state index contributed by atoms with van der Waals surface area (Å²) in [5, 5.41) is 5.44. The van der Waals surface area contributed by atoms with Crippen LogP contribution in [0.3, 0.4) is 0 Å². The maximum absolute atomic E-state index is 6.09. The van der Waals surface area contributed by atoms with E-state index in [1.807, 2.05) is 53.2 Å². The van der Waals surface area contributed by atoms with Crippen molar-refractivity contribution in [3.8, 4) is 22.4 Å². The van der Waals surface area contributed by atoms with Crippen molar-refractivity contribution in [3.63, 3.8) is 0 Å². The molecule has 0 aliphatic carbocycles. The second-order valence-corrected chi connectivity index (χ2v) is 7.89. The van der Waals surface area contributed by atoms with Gasteiger partial charge in [0.15, 0.2) is 5.65 Å². The molecule has 5 nitrogen and oxygen atoms in total. The van der Waals surface area contributed by atoms with Crippen LogP contribution < -0.4 is 4.90 Å². The predicted octanol–water partition coefficient (Wildman–Crippen LogP) is 4.47. The van der Waals surface area contributed by atoms with Gasteiger partial charge in [0.25, 0.3) is 0 Å². The van der Waals surface area contributed by atoms with E-state index in [0.717, 1.165) is 65.1 Å². The fraction of sp³-hybridized carbons (Fsp3) is 0.217. The van der Waals surface area contributed by atoms with E-state index in [1.165, 1.54) is 0 Å². The van der Waals surface area contributed by atoms with E-state index in [1.54, 1.807) is 0 Å². The molecular formula is C23H22ClN5. The summed E-state index contributed by atoms with van der Waals surface area (Å²) in [5.41, 5.74) is 5.00. The number of hydrogen-bond acceptors (Lipinski definition) is 4. The van der Waals surface area contributed by atoms with Crippen molar-refractivity contribution >= 4 is 23.1 Å². The number of piperazine rings is 1. The van der Waals surface area contributed by atoms with Gasteiger partial charge >= 0.3 is 0 Å². The molecule has 2 aromatic heterocycles. The Bertz CT molecular complexity index is 1130. The lowest BCUT2D eigenvalue weighted by Crippen LogP contribution is -2.45. The minimum Gasteiger partial charge on any atom is -0.354 e. The van der Waals surface area contributed by atoms with Gasteiger partial charge in [-0.2, -0.15) is 9.61 Å². The van der Waals surface area contributed by atoms with Crippen molar-refractivity contribution in [3.05, 3.63) is 71.9 Å². The molecule has 0 unspecified atom stereocenters. The van der Waals surface area contributed by atoms with Crippen LogP contribution in [-0.4, -0.2) is 52.7 Å². The van der Waals surface area contributed by atoms with Crippen molar-refractivity contribution in [2.45, 2.75) is 0 Å². The first kappa shape index (κ1) is 18.2. The molecule has 3 heterocycles. The lowest BCUT2D eigenvalue weighted by atomic mass is 10.1. The van der Waals surface area contributed by atoms with Crippen LogP contribution in [0, 0.1) is 0 Å². The molecule has 0 saturated carbocycles. The van der Waals surface area contributed by atoms with E-state index in [2.05, 4.69) is 35.0 Å². The van der Waals surface area contributed by atoms with Crippen molar-refractivity contribution < 1.29 is 0 Å². The van der Waals surface area contributed by atoms with Crippen molar-refractivity contribution in [1.82, 2.24) is 19.5 Å². The lowest BCUT2D eigenvalue weighted by molar-refractivity contribution is 0.311. The van der Waals surface area contributed by atoms with E-state index in [9.17, 15) is 0 Å². The summed E-state index contributed by atoms with van der Waals surface area (Å²) in [6.45, 7) is 4.02. The summed E-state index contributed by atoms with van der Waals surface area (Å²) in [5.74, 6) is 1.09. The van der Waals surface area contributed by atoms with Crippen LogP contribution in [0.2, 0.25) is 5.02 Å². The summed E-state index contributed by atoms with van der Waals surface area (Å²) in [6.07, 6.45) is 1.90. The molecule has 29 heavy (non-hydrogen) atoms. The van der Waals surface area contributed by atoms with E-state index < -0.39 is 0 Å². The third-order valence-electron chi connectivity index (χ3n) is 5.51. The third kappa shape index (κ3) is 3.48. The molecule has 0 N–H and O–H groups in total. The van der Waals surface area contributed by atoms with Crippen molar-refractivity contribution in [2.24, 2.45) is 0 Å². The third-order valence-corrected chi connectivity index (χ3v) is 5.76. The van der Waals surface area contributed by atoms with Gasteiger partial charge in [-0.15, -0.1) is 0 Å². The smallest absolute Gasteiger partial charge is 0.165 e. The average Bonchev–Trinajstić information content (AvgIpc) is 3.19. The molecule has 5 rings (SSSR count). The largest absolute Gasteiger partial charge is 0.354 e. The molecule has 1 fully saturated rings. The molecule has 146 valence electrons. The van der Waals surface area contributed by atoms with Gasteiger partial charge in [0.1, 0.15) is 5.82 Å². The predicted molar refractivity (Wildman–Crippen MR) is 119 cm³/mol. The number of aromatic nitrogens is 3. The minimum absolute atomic E-state index is 0.723. The zero-order valence-corrected chi connectivity index (χ0v) is 17.0. The normalized spacial score (nSPS) is 15.2. The number of likely N-dealkylation sites (N-methyl/N-ethyl adjacent to an activating group) is 1. The highest BCUT2D eigenvalue weighted by Crippen LogP contribution is 2.31. The number of halogens is 1. The number of benzene rings is 2. The first-order chi connectivity index (χ1) is 14.2. The first-order valence-corrected chi connectivity index (χ1v) is 10.2. The first-order valence-electron chi connectivity index (χ1n) is 9.83. The number of hydrogen-bond donors (Lipinski definition) is 0. The molecule has 4 aromatic rings. The van der Waals surface area contributed by atoms with Crippen LogP contribution in [0.1, 0.15) is 0 Å². The summed E-state index contributed by atoms with van der Waals surface area (Å²) >= 11 is 6.09.